The highest BCUT2D eigenvalue weighted by Gasteiger charge is 2.18. The average molecular weight is 226 g/mol. The third kappa shape index (κ3) is 4.47. The van der Waals surface area contributed by atoms with Crippen LogP contribution in [0.3, 0.4) is 0 Å². The highest BCUT2D eigenvalue weighted by atomic mass is 16.5. The molecule has 1 fully saturated rings. The summed E-state index contributed by atoms with van der Waals surface area (Å²) >= 11 is 0. The molecule has 0 heterocycles. The summed E-state index contributed by atoms with van der Waals surface area (Å²) in [5, 5.41) is 8.56. The largest absolute Gasteiger partial charge is 0.478 e. The molecule has 1 N–H and O–H groups in total. The van der Waals surface area contributed by atoms with E-state index in [9.17, 15) is 9.59 Å². The van der Waals surface area contributed by atoms with Crippen LogP contribution in [0, 0.1) is 0 Å². The van der Waals surface area contributed by atoms with Gasteiger partial charge in [-0.25, -0.2) is 4.79 Å². The Balaban J connectivity index is 2.10. The number of ether oxygens (including phenoxy) is 1. The van der Waals surface area contributed by atoms with Gasteiger partial charge in [0.2, 0.25) is 0 Å². The molecule has 16 heavy (non-hydrogen) atoms. The van der Waals surface area contributed by atoms with Crippen molar-refractivity contribution in [2.75, 3.05) is 0 Å². The Hall–Kier alpha value is -1.32. The quantitative estimate of drug-likeness (QED) is 0.557. The summed E-state index contributed by atoms with van der Waals surface area (Å²) in [5.41, 5.74) is 0.147. The first-order chi connectivity index (χ1) is 7.59. The highest BCUT2D eigenvalue weighted by molar-refractivity contribution is 5.85. The molecule has 0 spiro atoms. The smallest absolute Gasteiger partial charge is 0.330 e. The normalized spacial score (nSPS) is 16.0. The number of carboxylic acids is 1. The van der Waals surface area contributed by atoms with Crippen molar-refractivity contribution in [3.05, 3.63) is 12.2 Å². The highest BCUT2D eigenvalue weighted by Crippen LogP contribution is 2.21. The lowest BCUT2D eigenvalue weighted by atomic mass is 10.1. The van der Waals surface area contributed by atoms with Crippen molar-refractivity contribution in [2.45, 2.75) is 51.0 Å². The number of carbonyl (C=O) groups is 2. The molecule has 4 nitrogen and oxygen atoms in total. The Kier molecular flexibility index (Phi) is 5.02. The summed E-state index contributed by atoms with van der Waals surface area (Å²) in [5.74, 6) is -1.21. The fourth-order valence-corrected chi connectivity index (χ4v) is 1.80. The van der Waals surface area contributed by atoms with Gasteiger partial charge in [-0.05, 0) is 38.5 Å². The number of rotatable bonds is 6. The topological polar surface area (TPSA) is 63.6 Å². The van der Waals surface area contributed by atoms with Crippen molar-refractivity contribution in [1.82, 2.24) is 0 Å². The minimum atomic E-state index is -0.996. The molecule has 0 atom stereocenters. The van der Waals surface area contributed by atoms with Crippen LogP contribution in [-0.2, 0) is 14.3 Å². The van der Waals surface area contributed by atoms with Crippen LogP contribution in [0.25, 0.3) is 0 Å². The van der Waals surface area contributed by atoms with Crippen molar-refractivity contribution in [3.8, 4) is 0 Å². The molecule has 0 radical (unpaired) electrons. The molecule has 0 amide bonds. The van der Waals surface area contributed by atoms with Crippen molar-refractivity contribution < 1.29 is 19.4 Å². The molecule has 0 aromatic heterocycles. The molecular weight excluding hydrogens is 208 g/mol. The van der Waals surface area contributed by atoms with Gasteiger partial charge in [0.05, 0.1) is 0 Å². The second kappa shape index (κ2) is 6.30. The minimum Gasteiger partial charge on any atom is -0.478 e. The van der Waals surface area contributed by atoms with Crippen molar-refractivity contribution in [3.63, 3.8) is 0 Å². The first kappa shape index (κ1) is 12.7. The maximum Gasteiger partial charge on any atom is 0.330 e. The molecule has 0 saturated heterocycles. The van der Waals surface area contributed by atoms with E-state index in [1.54, 1.807) is 0 Å². The summed E-state index contributed by atoms with van der Waals surface area (Å²) in [7, 11) is 0. The number of esters is 1. The Morgan fingerprint density at radius 3 is 2.44 bits per heavy atom. The lowest BCUT2D eigenvalue weighted by Crippen LogP contribution is -2.14. The van der Waals surface area contributed by atoms with Crippen molar-refractivity contribution in [1.29, 1.82) is 0 Å². The van der Waals surface area contributed by atoms with Gasteiger partial charge in [0.15, 0.2) is 0 Å². The Morgan fingerprint density at radius 1 is 1.25 bits per heavy atom. The van der Waals surface area contributed by atoms with Crippen LogP contribution >= 0.6 is 0 Å². The Morgan fingerprint density at radius 2 is 1.88 bits per heavy atom. The number of carboxylic acid groups (broad SMARTS) is 1. The second-order valence-corrected chi connectivity index (χ2v) is 4.16. The number of hydrogen-bond acceptors (Lipinski definition) is 3. The molecule has 1 rings (SSSR count). The van der Waals surface area contributed by atoms with E-state index < -0.39 is 5.97 Å². The van der Waals surface area contributed by atoms with E-state index in [0.717, 1.165) is 25.7 Å². The lowest BCUT2D eigenvalue weighted by Gasteiger charge is -2.10. The average Bonchev–Trinajstić information content (AvgIpc) is 2.70. The number of carbonyl (C=O) groups excluding carboxylic acids is 1. The lowest BCUT2D eigenvalue weighted by molar-refractivity contribution is -0.149. The molecule has 0 aliphatic heterocycles. The summed E-state index contributed by atoms with van der Waals surface area (Å²) in [6.07, 6.45) is 5.41. The van der Waals surface area contributed by atoms with Crippen LogP contribution in [0.1, 0.15) is 44.9 Å². The third-order valence-corrected chi connectivity index (χ3v) is 2.76. The van der Waals surface area contributed by atoms with Crippen molar-refractivity contribution in [2.24, 2.45) is 0 Å². The van der Waals surface area contributed by atoms with Gasteiger partial charge < -0.3 is 9.84 Å². The second-order valence-electron chi connectivity index (χ2n) is 4.16. The van der Waals surface area contributed by atoms with Gasteiger partial charge >= 0.3 is 11.9 Å². The SMILES string of the molecule is C=C(CCCC(=O)OC1CCCC1)C(=O)O. The monoisotopic (exact) mass is 226 g/mol. The first-order valence-electron chi connectivity index (χ1n) is 5.70. The predicted molar refractivity (Wildman–Crippen MR) is 59.0 cm³/mol. The summed E-state index contributed by atoms with van der Waals surface area (Å²) in [6, 6.07) is 0. The Bertz CT molecular complexity index is 277. The molecule has 4 heteroatoms. The summed E-state index contributed by atoms with van der Waals surface area (Å²) in [4.78, 5) is 21.8. The minimum absolute atomic E-state index is 0.0928. The molecule has 1 aliphatic carbocycles. The van der Waals surface area contributed by atoms with Crippen LogP contribution in [0.15, 0.2) is 12.2 Å². The van der Waals surface area contributed by atoms with E-state index in [1.165, 1.54) is 0 Å². The van der Waals surface area contributed by atoms with E-state index in [0.29, 0.717) is 12.8 Å². The third-order valence-electron chi connectivity index (χ3n) is 2.76. The molecule has 90 valence electrons. The van der Waals surface area contributed by atoms with Gasteiger partial charge in [-0.15, -0.1) is 0 Å². The zero-order chi connectivity index (χ0) is 12.0. The van der Waals surface area contributed by atoms with Gasteiger partial charge in [0.1, 0.15) is 6.10 Å². The van der Waals surface area contributed by atoms with Gasteiger partial charge in [0.25, 0.3) is 0 Å². The van der Waals surface area contributed by atoms with Crippen LogP contribution in [0.2, 0.25) is 0 Å². The molecular formula is C12H18O4. The van der Waals surface area contributed by atoms with Gasteiger partial charge in [-0.3, -0.25) is 4.79 Å². The van der Waals surface area contributed by atoms with E-state index in [1.807, 2.05) is 0 Å². The van der Waals surface area contributed by atoms with Gasteiger partial charge in [-0.2, -0.15) is 0 Å². The van der Waals surface area contributed by atoms with E-state index in [2.05, 4.69) is 6.58 Å². The summed E-state index contributed by atoms with van der Waals surface area (Å²) < 4.78 is 5.24. The van der Waals surface area contributed by atoms with E-state index in [-0.39, 0.29) is 24.1 Å². The Labute approximate surface area is 95.3 Å². The number of aliphatic carboxylic acids is 1. The van der Waals surface area contributed by atoms with Crippen LogP contribution in [0.4, 0.5) is 0 Å². The van der Waals surface area contributed by atoms with Crippen LogP contribution in [-0.4, -0.2) is 23.1 Å². The standard InChI is InChI=1S/C12H18O4/c1-9(12(14)15)5-4-8-11(13)16-10-6-2-3-7-10/h10H,1-8H2,(H,14,15). The molecule has 1 saturated carbocycles. The zero-order valence-corrected chi connectivity index (χ0v) is 9.41. The first-order valence-corrected chi connectivity index (χ1v) is 5.70. The fraction of sp³-hybridized carbons (Fsp3) is 0.667. The van der Waals surface area contributed by atoms with Crippen molar-refractivity contribution >= 4 is 11.9 Å². The molecule has 1 aliphatic rings. The maximum absolute atomic E-state index is 11.4. The number of hydrogen-bond donors (Lipinski definition) is 1. The molecule has 0 unspecified atom stereocenters. The molecule has 0 bridgehead atoms. The zero-order valence-electron chi connectivity index (χ0n) is 9.41. The van der Waals surface area contributed by atoms with Crippen LogP contribution in [0.5, 0.6) is 0 Å². The van der Waals surface area contributed by atoms with Gasteiger partial charge in [-0.1, -0.05) is 6.58 Å². The maximum atomic E-state index is 11.4. The fourth-order valence-electron chi connectivity index (χ4n) is 1.80. The predicted octanol–water partition coefficient (Wildman–Crippen LogP) is 2.28. The van der Waals surface area contributed by atoms with Crippen LogP contribution < -0.4 is 0 Å². The molecule has 0 aromatic carbocycles. The van der Waals surface area contributed by atoms with Gasteiger partial charge in [0, 0.05) is 12.0 Å². The van der Waals surface area contributed by atoms with E-state index in [4.69, 9.17) is 9.84 Å². The molecule has 0 aromatic rings. The van der Waals surface area contributed by atoms with E-state index >= 15 is 0 Å². The summed E-state index contributed by atoms with van der Waals surface area (Å²) in [6.45, 7) is 3.40.